The van der Waals surface area contributed by atoms with Gasteiger partial charge in [-0.15, -0.1) is 0 Å². The maximum absolute atomic E-state index is 10.0. The van der Waals surface area contributed by atoms with Crippen molar-refractivity contribution in [3.8, 4) is 23.0 Å². The van der Waals surface area contributed by atoms with Crippen LogP contribution in [0, 0.1) is 6.92 Å². The summed E-state index contributed by atoms with van der Waals surface area (Å²) in [5.41, 5.74) is 4.05. The zero-order valence-electron chi connectivity index (χ0n) is 17.0. The van der Waals surface area contributed by atoms with Crippen LogP contribution in [0.4, 0.5) is 0 Å². The molecule has 0 aliphatic rings. The molecule has 0 aliphatic carbocycles. The Morgan fingerprint density at radius 1 is 0.964 bits per heavy atom. The first-order chi connectivity index (χ1) is 13.6. The zero-order valence-corrected chi connectivity index (χ0v) is 17.0. The number of hydrogen-bond acceptors (Lipinski definition) is 4. The van der Waals surface area contributed by atoms with E-state index in [-0.39, 0.29) is 0 Å². The SMILES string of the molecule is CCCc1cc(O)cc(CCC)c1OCCc1nc(-c2ccccc2)oc1C. The molecule has 0 aliphatic heterocycles. The highest BCUT2D eigenvalue weighted by Gasteiger charge is 2.14. The van der Waals surface area contributed by atoms with E-state index in [9.17, 15) is 5.11 Å². The summed E-state index contributed by atoms with van der Waals surface area (Å²) in [7, 11) is 0. The van der Waals surface area contributed by atoms with Crippen molar-refractivity contribution < 1.29 is 14.3 Å². The number of benzene rings is 2. The van der Waals surface area contributed by atoms with E-state index in [0.29, 0.717) is 24.7 Å². The quantitative estimate of drug-likeness (QED) is 0.504. The fourth-order valence-electron chi connectivity index (χ4n) is 3.45. The first-order valence-corrected chi connectivity index (χ1v) is 10.1. The predicted octanol–water partition coefficient (Wildman–Crippen LogP) is 5.88. The molecule has 0 amide bonds. The fourth-order valence-corrected chi connectivity index (χ4v) is 3.45. The van der Waals surface area contributed by atoms with Gasteiger partial charge in [-0.05, 0) is 55.2 Å². The van der Waals surface area contributed by atoms with Gasteiger partial charge in [-0.2, -0.15) is 0 Å². The van der Waals surface area contributed by atoms with Crippen LogP contribution < -0.4 is 4.74 Å². The van der Waals surface area contributed by atoms with Crippen LogP contribution in [0.25, 0.3) is 11.5 Å². The Morgan fingerprint density at radius 3 is 2.21 bits per heavy atom. The molecule has 28 heavy (non-hydrogen) atoms. The van der Waals surface area contributed by atoms with Gasteiger partial charge in [0.25, 0.3) is 0 Å². The summed E-state index contributed by atoms with van der Waals surface area (Å²) in [6.45, 7) is 6.74. The number of nitrogens with zero attached hydrogens (tertiary/aromatic N) is 1. The van der Waals surface area contributed by atoms with Crippen molar-refractivity contribution >= 4 is 0 Å². The second-order valence-electron chi connectivity index (χ2n) is 7.08. The van der Waals surface area contributed by atoms with Gasteiger partial charge < -0.3 is 14.3 Å². The standard InChI is InChI=1S/C24H29NO3/c1-4-9-19-15-21(26)16-20(10-5-2)23(19)27-14-13-22-17(3)28-24(25-22)18-11-7-6-8-12-18/h6-8,11-12,15-16,26H,4-5,9-10,13-14H2,1-3H3. The van der Waals surface area contributed by atoms with E-state index in [2.05, 4.69) is 18.8 Å². The summed E-state index contributed by atoms with van der Waals surface area (Å²) in [5.74, 6) is 2.72. The Morgan fingerprint density at radius 2 is 1.61 bits per heavy atom. The maximum atomic E-state index is 10.0. The van der Waals surface area contributed by atoms with Crippen molar-refractivity contribution in [1.29, 1.82) is 0 Å². The molecular weight excluding hydrogens is 350 g/mol. The summed E-state index contributed by atoms with van der Waals surface area (Å²) in [4.78, 5) is 4.66. The highest BCUT2D eigenvalue weighted by atomic mass is 16.5. The summed E-state index contributed by atoms with van der Waals surface area (Å²) < 4.78 is 12.1. The van der Waals surface area contributed by atoms with Crippen molar-refractivity contribution in [1.82, 2.24) is 4.98 Å². The van der Waals surface area contributed by atoms with Gasteiger partial charge in [-0.25, -0.2) is 4.98 Å². The molecule has 1 heterocycles. The van der Waals surface area contributed by atoms with Crippen LogP contribution in [0.2, 0.25) is 0 Å². The second kappa shape index (κ2) is 9.45. The van der Waals surface area contributed by atoms with Crippen molar-refractivity contribution in [2.75, 3.05) is 6.61 Å². The fraction of sp³-hybridized carbons (Fsp3) is 0.375. The molecule has 3 aromatic rings. The molecule has 0 saturated heterocycles. The minimum Gasteiger partial charge on any atom is -0.508 e. The third-order valence-electron chi connectivity index (χ3n) is 4.76. The molecule has 2 aromatic carbocycles. The lowest BCUT2D eigenvalue weighted by Gasteiger charge is -2.16. The summed E-state index contributed by atoms with van der Waals surface area (Å²) in [5, 5.41) is 10.0. The normalized spacial score (nSPS) is 11.0. The average Bonchev–Trinajstić information content (AvgIpc) is 3.06. The molecule has 1 aromatic heterocycles. The number of ether oxygens (including phenoxy) is 1. The molecule has 0 radical (unpaired) electrons. The van der Waals surface area contributed by atoms with Crippen molar-refractivity contribution in [2.45, 2.75) is 52.9 Å². The average molecular weight is 380 g/mol. The minimum absolute atomic E-state index is 0.319. The molecular formula is C24H29NO3. The molecule has 0 saturated carbocycles. The number of aromatic nitrogens is 1. The first-order valence-electron chi connectivity index (χ1n) is 10.1. The Kier molecular flexibility index (Phi) is 6.75. The highest BCUT2D eigenvalue weighted by molar-refractivity contribution is 5.53. The maximum Gasteiger partial charge on any atom is 0.226 e. The molecule has 1 N–H and O–H groups in total. The third kappa shape index (κ3) is 4.75. The minimum atomic E-state index is 0.319. The van der Waals surface area contributed by atoms with Crippen LogP contribution in [0.15, 0.2) is 46.9 Å². The predicted molar refractivity (Wildman–Crippen MR) is 112 cm³/mol. The number of rotatable bonds is 9. The number of hydrogen-bond donors (Lipinski definition) is 1. The lowest BCUT2D eigenvalue weighted by atomic mass is 10.0. The van der Waals surface area contributed by atoms with Gasteiger partial charge in [0.1, 0.15) is 17.3 Å². The lowest BCUT2D eigenvalue weighted by Crippen LogP contribution is -2.07. The molecule has 3 rings (SSSR count). The van der Waals surface area contributed by atoms with Crippen LogP contribution in [0.3, 0.4) is 0 Å². The number of phenolic OH excluding ortho intramolecular Hbond substituents is 1. The summed E-state index contributed by atoms with van der Waals surface area (Å²) in [6.07, 6.45) is 4.48. The molecule has 4 heteroatoms. The van der Waals surface area contributed by atoms with Crippen LogP contribution >= 0.6 is 0 Å². The van der Waals surface area contributed by atoms with E-state index in [1.54, 1.807) is 0 Å². The first kappa shape index (κ1) is 20.0. The van der Waals surface area contributed by atoms with Gasteiger partial charge in [0.15, 0.2) is 0 Å². The van der Waals surface area contributed by atoms with Gasteiger partial charge in [0, 0.05) is 12.0 Å². The highest BCUT2D eigenvalue weighted by Crippen LogP contribution is 2.31. The van der Waals surface area contributed by atoms with Crippen LogP contribution in [0.1, 0.15) is 49.3 Å². The number of phenols is 1. The van der Waals surface area contributed by atoms with Crippen LogP contribution in [-0.4, -0.2) is 16.7 Å². The Hall–Kier alpha value is -2.75. The monoisotopic (exact) mass is 379 g/mol. The van der Waals surface area contributed by atoms with Crippen LogP contribution in [-0.2, 0) is 19.3 Å². The van der Waals surface area contributed by atoms with E-state index >= 15 is 0 Å². The summed E-state index contributed by atoms with van der Waals surface area (Å²) in [6, 6.07) is 13.6. The van der Waals surface area contributed by atoms with E-state index in [0.717, 1.165) is 59.6 Å². The van der Waals surface area contributed by atoms with E-state index in [4.69, 9.17) is 9.15 Å². The Bertz CT molecular complexity index is 872. The van der Waals surface area contributed by atoms with Gasteiger partial charge in [-0.3, -0.25) is 0 Å². The van der Waals surface area contributed by atoms with Gasteiger partial charge in [-0.1, -0.05) is 44.9 Å². The second-order valence-corrected chi connectivity index (χ2v) is 7.08. The molecule has 148 valence electrons. The van der Waals surface area contributed by atoms with Gasteiger partial charge in [0.05, 0.1) is 12.3 Å². The Labute approximate surface area is 167 Å². The van der Waals surface area contributed by atoms with Crippen molar-refractivity contribution in [3.63, 3.8) is 0 Å². The third-order valence-corrected chi connectivity index (χ3v) is 4.76. The van der Waals surface area contributed by atoms with Crippen molar-refractivity contribution in [2.24, 2.45) is 0 Å². The molecule has 0 bridgehead atoms. The topological polar surface area (TPSA) is 55.5 Å². The van der Waals surface area contributed by atoms with E-state index < -0.39 is 0 Å². The van der Waals surface area contributed by atoms with Gasteiger partial charge in [0.2, 0.25) is 5.89 Å². The van der Waals surface area contributed by atoms with Crippen LogP contribution in [0.5, 0.6) is 11.5 Å². The number of aromatic hydroxyl groups is 1. The zero-order chi connectivity index (χ0) is 19.9. The molecule has 0 atom stereocenters. The Balaban J connectivity index is 1.74. The van der Waals surface area contributed by atoms with E-state index in [1.807, 2.05) is 49.4 Å². The molecule has 4 nitrogen and oxygen atoms in total. The van der Waals surface area contributed by atoms with Crippen molar-refractivity contribution in [3.05, 3.63) is 65.0 Å². The number of oxazole rings is 1. The smallest absolute Gasteiger partial charge is 0.226 e. The largest absolute Gasteiger partial charge is 0.508 e. The lowest BCUT2D eigenvalue weighted by molar-refractivity contribution is 0.312. The number of aryl methyl sites for hydroxylation is 3. The molecule has 0 fully saturated rings. The summed E-state index contributed by atoms with van der Waals surface area (Å²) >= 11 is 0. The molecule has 0 unspecified atom stereocenters. The van der Waals surface area contributed by atoms with E-state index in [1.165, 1.54) is 0 Å². The molecule has 0 spiro atoms. The van der Waals surface area contributed by atoms with Gasteiger partial charge >= 0.3 is 0 Å².